The molecule has 0 bridgehead atoms. The summed E-state index contributed by atoms with van der Waals surface area (Å²) >= 11 is 5.88. The van der Waals surface area contributed by atoms with E-state index in [1.54, 1.807) is 19.1 Å². The molecule has 0 aliphatic carbocycles. The molecule has 1 atom stereocenters. The van der Waals surface area contributed by atoms with Crippen molar-refractivity contribution in [2.75, 3.05) is 13.2 Å². The SMILES string of the molecule is Cc1c(Cl)c(=O)oc2c3c(ccc12)OCC(CO)O3. The Kier molecular flexibility index (Phi) is 2.88. The highest BCUT2D eigenvalue weighted by Gasteiger charge is 2.25. The summed E-state index contributed by atoms with van der Waals surface area (Å²) in [6.07, 6.45) is -0.473. The first-order valence-electron chi connectivity index (χ1n) is 5.78. The van der Waals surface area contributed by atoms with Crippen LogP contribution in [0.3, 0.4) is 0 Å². The summed E-state index contributed by atoms with van der Waals surface area (Å²) in [5, 5.41) is 9.87. The Labute approximate surface area is 113 Å². The molecule has 1 aromatic heterocycles. The van der Waals surface area contributed by atoms with E-state index in [9.17, 15) is 4.79 Å². The first-order valence-corrected chi connectivity index (χ1v) is 6.16. The molecule has 0 fully saturated rings. The van der Waals surface area contributed by atoms with Crippen LogP contribution in [0, 0.1) is 6.92 Å². The highest BCUT2D eigenvalue weighted by atomic mass is 35.5. The maximum absolute atomic E-state index is 11.6. The van der Waals surface area contributed by atoms with Crippen LogP contribution in [0.2, 0.25) is 5.02 Å². The molecule has 1 N–H and O–H groups in total. The number of aliphatic hydroxyl groups is 1. The van der Waals surface area contributed by atoms with E-state index in [1.807, 2.05) is 0 Å². The molecule has 1 aromatic carbocycles. The van der Waals surface area contributed by atoms with E-state index in [2.05, 4.69) is 0 Å². The molecular formula is C13H11ClO5. The number of rotatable bonds is 1. The van der Waals surface area contributed by atoms with Gasteiger partial charge in [0.1, 0.15) is 11.6 Å². The fourth-order valence-corrected chi connectivity index (χ4v) is 2.19. The van der Waals surface area contributed by atoms with E-state index < -0.39 is 11.7 Å². The summed E-state index contributed by atoms with van der Waals surface area (Å²) < 4.78 is 16.2. The Balaban J connectivity index is 2.30. The van der Waals surface area contributed by atoms with Crippen LogP contribution in [-0.2, 0) is 0 Å². The number of hydrogen-bond acceptors (Lipinski definition) is 5. The summed E-state index contributed by atoms with van der Waals surface area (Å²) in [7, 11) is 0. The van der Waals surface area contributed by atoms with Crippen molar-refractivity contribution in [2.24, 2.45) is 0 Å². The second-order valence-corrected chi connectivity index (χ2v) is 4.71. The molecule has 0 spiro atoms. The molecule has 19 heavy (non-hydrogen) atoms. The monoisotopic (exact) mass is 282 g/mol. The lowest BCUT2D eigenvalue weighted by atomic mass is 10.1. The van der Waals surface area contributed by atoms with Crippen LogP contribution < -0.4 is 15.1 Å². The maximum Gasteiger partial charge on any atom is 0.355 e. The average molecular weight is 283 g/mol. The lowest BCUT2D eigenvalue weighted by Crippen LogP contribution is -2.32. The third kappa shape index (κ3) is 1.86. The zero-order valence-electron chi connectivity index (χ0n) is 10.1. The first kappa shape index (κ1) is 12.3. The Hall–Kier alpha value is -1.72. The van der Waals surface area contributed by atoms with Crippen LogP contribution in [0.1, 0.15) is 5.56 Å². The van der Waals surface area contributed by atoms with Crippen LogP contribution in [-0.4, -0.2) is 24.4 Å². The number of ether oxygens (including phenoxy) is 2. The summed E-state index contributed by atoms with van der Waals surface area (Å²) in [5.41, 5.74) is 0.308. The van der Waals surface area contributed by atoms with Crippen LogP contribution in [0.15, 0.2) is 21.3 Å². The topological polar surface area (TPSA) is 68.9 Å². The van der Waals surface area contributed by atoms with Crippen molar-refractivity contribution in [1.29, 1.82) is 0 Å². The van der Waals surface area contributed by atoms with Crippen molar-refractivity contribution in [3.63, 3.8) is 0 Å². The van der Waals surface area contributed by atoms with Gasteiger partial charge in [0, 0.05) is 5.39 Å². The van der Waals surface area contributed by atoms with Crippen LogP contribution in [0.5, 0.6) is 11.5 Å². The van der Waals surface area contributed by atoms with Gasteiger partial charge in [0.15, 0.2) is 17.4 Å². The van der Waals surface area contributed by atoms with Crippen molar-refractivity contribution in [3.8, 4) is 11.5 Å². The van der Waals surface area contributed by atoms with E-state index in [0.717, 1.165) is 0 Å². The third-order valence-corrected chi connectivity index (χ3v) is 3.53. The van der Waals surface area contributed by atoms with E-state index >= 15 is 0 Å². The van der Waals surface area contributed by atoms with Gasteiger partial charge in [-0.2, -0.15) is 0 Å². The number of hydrogen-bond donors (Lipinski definition) is 1. The van der Waals surface area contributed by atoms with Crippen molar-refractivity contribution < 1.29 is 19.0 Å². The van der Waals surface area contributed by atoms with Crippen molar-refractivity contribution in [2.45, 2.75) is 13.0 Å². The predicted molar refractivity (Wildman–Crippen MR) is 69.2 cm³/mol. The van der Waals surface area contributed by atoms with Gasteiger partial charge in [0.05, 0.1) is 6.61 Å². The molecule has 2 aromatic rings. The van der Waals surface area contributed by atoms with Gasteiger partial charge in [-0.05, 0) is 24.6 Å². The molecule has 0 amide bonds. The zero-order chi connectivity index (χ0) is 13.6. The van der Waals surface area contributed by atoms with Gasteiger partial charge < -0.3 is 19.0 Å². The minimum atomic E-state index is -0.616. The minimum absolute atomic E-state index is 0.0582. The molecule has 1 unspecified atom stereocenters. The van der Waals surface area contributed by atoms with Crippen LogP contribution in [0.25, 0.3) is 11.0 Å². The summed E-state index contributed by atoms with van der Waals surface area (Å²) in [6.45, 7) is 1.82. The maximum atomic E-state index is 11.6. The zero-order valence-corrected chi connectivity index (χ0v) is 10.9. The number of fused-ring (bicyclic) bond motifs is 3. The highest BCUT2D eigenvalue weighted by Crippen LogP contribution is 2.40. The van der Waals surface area contributed by atoms with Crippen molar-refractivity contribution in [3.05, 3.63) is 33.1 Å². The lowest BCUT2D eigenvalue weighted by molar-refractivity contribution is 0.0461. The molecule has 0 saturated carbocycles. The smallest absolute Gasteiger partial charge is 0.355 e. The van der Waals surface area contributed by atoms with Gasteiger partial charge in [0.2, 0.25) is 5.75 Å². The molecule has 100 valence electrons. The third-order valence-electron chi connectivity index (χ3n) is 3.10. The average Bonchev–Trinajstić information content (AvgIpc) is 2.44. The van der Waals surface area contributed by atoms with Crippen LogP contribution >= 0.6 is 11.6 Å². The molecule has 6 heteroatoms. The van der Waals surface area contributed by atoms with E-state index in [-0.39, 0.29) is 18.2 Å². The van der Waals surface area contributed by atoms with Crippen LogP contribution in [0.4, 0.5) is 0 Å². The van der Waals surface area contributed by atoms with Gasteiger partial charge in [-0.25, -0.2) is 4.79 Å². The molecule has 1 aliphatic rings. The van der Waals surface area contributed by atoms with Crippen molar-refractivity contribution in [1.82, 2.24) is 0 Å². The normalized spacial score (nSPS) is 17.7. The lowest BCUT2D eigenvalue weighted by Gasteiger charge is -2.25. The Morgan fingerprint density at radius 3 is 3.00 bits per heavy atom. The molecule has 2 heterocycles. The number of benzene rings is 1. The van der Waals surface area contributed by atoms with E-state index in [4.69, 9.17) is 30.6 Å². The summed E-state index contributed by atoms with van der Waals surface area (Å²) in [5.74, 6) is 0.821. The number of halogens is 1. The second-order valence-electron chi connectivity index (χ2n) is 4.33. The molecule has 5 nitrogen and oxygen atoms in total. The Bertz CT molecular complexity index is 706. The highest BCUT2D eigenvalue weighted by molar-refractivity contribution is 6.31. The fraction of sp³-hybridized carbons (Fsp3) is 0.308. The molecular weight excluding hydrogens is 272 g/mol. The van der Waals surface area contributed by atoms with Gasteiger partial charge in [0.25, 0.3) is 0 Å². The quantitative estimate of drug-likeness (QED) is 0.809. The Morgan fingerprint density at radius 2 is 2.26 bits per heavy atom. The van der Waals surface area contributed by atoms with Gasteiger partial charge in [-0.3, -0.25) is 0 Å². The van der Waals surface area contributed by atoms with Crippen molar-refractivity contribution >= 4 is 22.6 Å². The predicted octanol–water partition coefficient (Wildman–Crippen LogP) is 1.89. The number of aryl methyl sites for hydroxylation is 1. The molecule has 3 rings (SSSR count). The Morgan fingerprint density at radius 1 is 1.47 bits per heavy atom. The first-order chi connectivity index (χ1) is 9.11. The summed E-state index contributed by atoms with van der Waals surface area (Å²) in [6, 6.07) is 3.50. The van der Waals surface area contributed by atoms with E-state index in [0.29, 0.717) is 28.0 Å². The standard InChI is InChI=1S/C13H11ClO5/c1-6-8-2-3-9-12(18-7(4-15)5-17-9)11(8)19-13(16)10(6)14/h2-3,7,15H,4-5H2,1H3. The second kappa shape index (κ2) is 4.43. The van der Waals surface area contributed by atoms with E-state index in [1.165, 1.54) is 0 Å². The largest absolute Gasteiger partial charge is 0.486 e. The van der Waals surface area contributed by atoms with Gasteiger partial charge >= 0.3 is 5.63 Å². The fourth-order valence-electron chi connectivity index (χ4n) is 2.05. The van der Waals surface area contributed by atoms with Gasteiger partial charge in [-0.15, -0.1) is 0 Å². The molecule has 1 aliphatic heterocycles. The molecule has 0 radical (unpaired) electrons. The number of aliphatic hydroxyl groups excluding tert-OH is 1. The molecule has 0 saturated heterocycles. The van der Waals surface area contributed by atoms with Gasteiger partial charge in [-0.1, -0.05) is 11.6 Å². The summed E-state index contributed by atoms with van der Waals surface area (Å²) in [4.78, 5) is 11.6. The minimum Gasteiger partial charge on any atom is -0.486 e.